The summed E-state index contributed by atoms with van der Waals surface area (Å²) in [6.07, 6.45) is 5.12. The fourth-order valence-corrected chi connectivity index (χ4v) is 4.36. The van der Waals surface area contributed by atoms with Crippen LogP contribution in [0.3, 0.4) is 0 Å². The molecule has 1 amide bonds. The number of unbranched alkanes of at least 4 members (excludes halogenated alkanes) is 1. The summed E-state index contributed by atoms with van der Waals surface area (Å²) < 4.78 is 6.07. The lowest BCUT2D eigenvalue weighted by atomic mass is 10.0. The molecule has 0 saturated carbocycles. The van der Waals surface area contributed by atoms with Crippen molar-refractivity contribution in [2.45, 2.75) is 51.0 Å². The topological polar surface area (TPSA) is 92.9 Å². The molecule has 0 aliphatic carbocycles. The first-order valence-electron chi connectivity index (χ1n) is 11.5. The maximum absolute atomic E-state index is 12.9. The third-order valence-electron chi connectivity index (χ3n) is 6.02. The molecule has 1 fully saturated rings. The smallest absolute Gasteiger partial charge is 0.304 e. The monoisotopic (exact) mass is 438 g/mol. The molecule has 1 aliphatic heterocycles. The minimum Gasteiger partial charge on any atom is -0.491 e. The van der Waals surface area contributed by atoms with Crippen molar-refractivity contribution < 1.29 is 19.4 Å². The van der Waals surface area contributed by atoms with Gasteiger partial charge in [-0.1, -0.05) is 42.5 Å². The zero-order chi connectivity index (χ0) is 22.8. The minimum absolute atomic E-state index is 0.0652. The Morgan fingerprint density at radius 2 is 1.78 bits per heavy atom. The molecule has 32 heavy (non-hydrogen) atoms. The lowest BCUT2D eigenvalue weighted by Gasteiger charge is -2.25. The molecule has 0 unspecified atom stereocenters. The van der Waals surface area contributed by atoms with Gasteiger partial charge in [0, 0.05) is 6.54 Å². The predicted molar refractivity (Wildman–Crippen MR) is 125 cm³/mol. The molecular weight excluding hydrogens is 404 g/mol. The molecule has 6 heteroatoms. The average molecular weight is 439 g/mol. The molecule has 0 aromatic heterocycles. The van der Waals surface area contributed by atoms with Gasteiger partial charge in [0.15, 0.2) is 0 Å². The van der Waals surface area contributed by atoms with Crippen LogP contribution in [0.1, 0.15) is 43.2 Å². The van der Waals surface area contributed by atoms with Gasteiger partial charge in [0.25, 0.3) is 0 Å². The molecular formula is C26H34N2O4. The molecule has 1 heterocycles. The average Bonchev–Trinajstić information content (AvgIpc) is 3.07. The predicted octanol–water partition coefficient (Wildman–Crippen LogP) is 3.67. The van der Waals surface area contributed by atoms with E-state index in [-0.39, 0.29) is 18.4 Å². The quantitative estimate of drug-likeness (QED) is 0.466. The Hall–Kier alpha value is -2.86. The lowest BCUT2D eigenvalue weighted by Crippen LogP contribution is -2.38. The number of carboxylic acids is 1. The number of nitrogens with zero attached hydrogens (tertiary/aromatic N) is 1. The van der Waals surface area contributed by atoms with Crippen LogP contribution in [0.25, 0.3) is 0 Å². The highest BCUT2D eigenvalue weighted by molar-refractivity contribution is 5.85. The number of carbonyl (C=O) groups is 2. The molecule has 1 saturated heterocycles. The fourth-order valence-electron chi connectivity index (χ4n) is 4.36. The number of amides is 1. The highest BCUT2D eigenvalue weighted by atomic mass is 16.5. The molecule has 0 radical (unpaired) electrons. The molecule has 0 spiro atoms. The fraction of sp³-hybridized carbons (Fsp3) is 0.462. The van der Waals surface area contributed by atoms with Crippen molar-refractivity contribution in [1.29, 1.82) is 0 Å². The van der Waals surface area contributed by atoms with Gasteiger partial charge >= 0.3 is 5.97 Å². The van der Waals surface area contributed by atoms with Crippen molar-refractivity contribution >= 4 is 11.9 Å². The zero-order valence-electron chi connectivity index (χ0n) is 18.6. The number of carbonyl (C=O) groups excluding carboxylic acids is 1. The Labute approximate surface area is 190 Å². The van der Waals surface area contributed by atoms with Gasteiger partial charge in [0.1, 0.15) is 12.4 Å². The second-order valence-electron chi connectivity index (χ2n) is 8.51. The van der Waals surface area contributed by atoms with E-state index in [4.69, 9.17) is 10.5 Å². The number of aryl methyl sites for hydroxylation is 2. The SMILES string of the molecule is NCCCCc1cccc(OC[C@@H]2C[C@@H](CC(=O)O)C(=O)N2CCCc2ccccc2)c1. The summed E-state index contributed by atoms with van der Waals surface area (Å²) in [5.74, 6) is -0.682. The van der Waals surface area contributed by atoms with Crippen LogP contribution >= 0.6 is 0 Å². The number of aliphatic carboxylic acids is 1. The van der Waals surface area contributed by atoms with Crippen molar-refractivity contribution in [3.8, 4) is 5.75 Å². The summed E-state index contributed by atoms with van der Waals surface area (Å²) in [4.78, 5) is 26.0. The zero-order valence-corrected chi connectivity index (χ0v) is 18.6. The Morgan fingerprint density at radius 3 is 2.53 bits per heavy atom. The summed E-state index contributed by atoms with van der Waals surface area (Å²) >= 11 is 0. The Balaban J connectivity index is 1.59. The number of hydrogen-bond acceptors (Lipinski definition) is 4. The Morgan fingerprint density at radius 1 is 1.03 bits per heavy atom. The second kappa shape index (κ2) is 12.2. The number of rotatable bonds is 13. The van der Waals surface area contributed by atoms with Gasteiger partial charge in [0.05, 0.1) is 18.4 Å². The van der Waals surface area contributed by atoms with Crippen molar-refractivity contribution in [1.82, 2.24) is 4.90 Å². The highest BCUT2D eigenvalue weighted by Crippen LogP contribution is 2.29. The van der Waals surface area contributed by atoms with E-state index in [9.17, 15) is 14.7 Å². The second-order valence-corrected chi connectivity index (χ2v) is 8.51. The van der Waals surface area contributed by atoms with E-state index >= 15 is 0 Å². The van der Waals surface area contributed by atoms with E-state index in [1.54, 1.807) is 0 Å². The minimum atomic E-state index is -0.931. The molecule has 2 aromatic rings. The first-order chi connectivity index (χ1) is 15.6. The van der Waals surface area contributed by atoms with Crippen molar-refractivity contribution in [3.63, 3.8) is 0 Å². The van der Waals surface area contributed by atoms with Gasteiger partial charge in [-0.05, 0) is 68.3 Å². The molecule has 2 aromatic carbocycles. The lowest BCUT2D eigenvalue weighted by molar-refractivity contribution is -0.142. The molecule has 3 rings (SSSR count). The standard InChI is InChI=1S/C26H34N2O4/c27-14-5-4-10-21-11-6-13-24(16-21)32-19-23-17-22(18-25(29)30)26(31)28(23)15-7-12-20-8-2-1-3-9-20/h1-3,6,8-9,11,13,16,22-23H,4-5,7,10,12,14-15,17-19,27H2,(H,29,30)/t22-,23-/m0/s1. The van der Waals surface area contributed by atoms with Gasteiger partial charge < -0.3 is 20.5 Å². The number of likely N-dealkylation sites (tertiary alicyclic amines) is 1. The number of benzene rings is 2. The van der Waals surface area contributed by atoms with E-state index in [1.807, 2.05) is 41.3 Å². The van der Waals surface area contributed by atoms with Crippen LogP contribution in [-0.4, -0.2) is 47.6 Å². The number of hydrogen-bond donors (Lipinski definition) is 2. The summed E-state index contributed by atoms with van der Waals surface area (Å²) in [6.45, 7) is 1.68. The van der Waals surface area contributed by atoms with Crippen LogP contribution < -0.4 is 10.5 Å². The first kappa shape index (κ1) is 23.8. The van der Waals surface area contributed by atoms with Crippen LogP contribution in [0, 0.1) is 5.92 Å². The molecule has 0 bridgehead atoms. The number of nitrogens with two attached hydrogens (primary N) is 1. The molecule has 6 nitrogen and oxygen atoms in total. The number of ether oxygens (including phenoxy) is 1. The normalized spacial score (nSPS) is 18.2. The van der Waals surface area contributed by atoms with Gasteiger partial charge in [-0.15, -0.1) is 0 Å². The molecule has 172 valence electrons. The third kappa shape index (κ3) is 7.09. The van der Waals surface area contributed by atoms with Crippen molar-refractivity contribution in [2.24, 2.45) is 11.7 Å². The van der Waals surface area contributed by atoms with Crippen LogP contribution in [-0.2, 0) is 22.4 Å². The maximum Gasteiger partial charge on any atom is 0.304 e. The van der Waals surface area contributed by atoms with Crippen LogP contribution in [0.5, 0.6) is 5.75 Å². The van der Waals surface area contributed by atoms with Crippen LogP contribution in [0.15, 0.2) is 54.6 Å². The van der Waals surface area contributed by atoms with E-state index < -0.39 is 11.9 Å². The number of carboxylic acid groups (broad SMARTS) is 1. The van der Waals surface area contributed by atoms with Gasteiger partial charge in [-0.2, -0.15) is 0 Å². The Bertz CT molecular complexity index is 871. The van der Waals surface area contributed by atoms with Crippen LogP contribution in [0.4, 0.5) is 0 Å². The Kier molecular flexibility index (Phi) is 9.11. The summed E-state index contributed by atoms with van der Waals surface area (Å²) in [5.41, 5.74) is 8.03. The highest BCUT2D eigenvalue weighted by Gasteiger charge is 2.40. The van der Waals surface area contributed by atoms with E-state index in [2.05, 4.69) is 18.2 Å². The maximum atomic E-state index is 12.9. The summed E-state index contributed by atoms with van der Waals surface area (Å²) in [6, 6.07) is 18.1. The van der Waals surface area contributed by atoms with Crippen molar-refractivity contribution in [2.75, 3.05) is 19.7 Å². The van der Waals surface area contributed by atoms with Crippen LogP contribution in [0.2, 0.25) is 0 Å². The summed E-state index contributed by atoms with van der Waals surface area (Å²) in [7, 11) is 0. The van der Waals surface area contributed by atoms with E-state index in [0.29, 0.717) is 26.1 Å². The third-order valence-corrected chi connectivity index (χ3v) is 6.02. The van der Waals surface area contributed by atoms with Crippen molar-refractivity contribution in [3.05, 3.63) is 65.7 Å². The van der Waals surface area contributed by atoms with Gasteiger partial charge in [-0.25, -0.2) is 0 Å². The molecule has 1 aliphatic rings. The first-order valence-corrected chi connectivity index (χ1v) is 11.5. The van der Waals surface area contributed by atoms with E-state index in [1.165, 1.54) is 11.1 Å². The molecule has 2 atom stereocenters. The largest absolute Gasteiger partial charge is 0.491 e. The molecule has 3 N–H and O–H groups in total. The van der Waals surface area contributed by atoms with Gasteiger partial charge in [0.2, 0.25) is 5.91 Å². The van der Waals surface area contributed by atoms with Gasteiger partial charge in [-0.3, -0.25) is 9.59 Å². The van der Waals surface area contributed by atoms with E-state index in [0.717, 1.165) is 37.9 Å². The summed E-state index contributed by atoms with van der Waals surface area (Å²) in [5, 5.41) is 9.21.